The topological polar surface area (TPSA) is 100 Å². The summed E-state index contributed by atoms with van der Waals surface area (Å²) >= 11 is 0. The maximum Gasteiger partial charge on any atom is 0.333 e. The van der Waals surface area contributed by atoms with E-state index in [1.807, 2.05) is 0 Å². The average Bonchev–Trinajstić information content (AvgIpc) is 3.01. The van der Waals surface area contributed by atoms with Crippen LogP contribution in [-0.2, 0) is 19.8 Å². The lowest BCUT2D eigenvalue weighted by Gasteiger charge is -2.28. The highest BCUT2D eigenvalue weighted by Crippen LogP contribution is 2.27. The Kier molecular flexibility index (Phi) is 4.40. The number of imide groups is 2. The van der Waals surface area contributed by atoms with Crippen molar-refractivity contribution >= 4 is 45.0 Å². The Labute approximate surface area is 156 Å². The molecule has 0 saturated carbocycles. The lowest BCUT2D eigenvalue weighted by Crippen LogP contribution is -2.52. The minimum atomic E-state index is -3.80. The number of fused-ring (bicyclic) bond motifs is 1. The van der Waals surface area contributed by atoms with Crippen molar-refractivity contribution in [3.63, 3.8) is 0 Å². The molecule has 1 aliphatic rings. The van der Waals surface area contributed by atoms with Crippen LogP contribution in [0.2, 0.25) is 0 Å². The number of para-hydroxylation sites is 1. The molecule has 27 heavy (non-hydrogen) atoms. The van der Waals surface area contributed by atoms with Crippen LogP contribution in [0.1, 0.15) is 5.56 Å². The van der Waals surface area contributed by atoms with E-state index in [0.717, 1.165) is 18.1 Å². The fourth-order valence-electron chi connectivity index (χ4n) is 2.79. The molecule has 10 heteroatoms. The van der Waals surface area contributed by atoms with Crippen molar-refractivity contribution in [1.29, 1.82) is 0 Å². The molecule has 0 aliphatic carbocycles. The number of nitrogens with zero attached hydrogens (tertiary/aromatic N) is 4. The molecule has 0 unspecified atom stereocenters. The summed E-state index contributed by atoms with van der Waals surface area (Å²) in [5.41, 5.74) is 0.570. The molecule has 2 heterocycles. The van der Waals surface area contributed by atoms with Gasteiger partial charge < -0.3 is 0 Å². The molecule has 0 bridgehead atoms. The molecule has 1 saturated heterocycles. The summed E-state index contributed by atoms with van der Waals surface area (Å²) in [6.07, 6.45) is 2.66. The predicted molar refractivity (Wildman–Crippen MR) is 98.9 cm³/mol. The quantitative estimate of drug-likeness (QED) is 0.568. The highest BCUT2D eigenvalue weighted by Gasteiger charge is 2.38. The van der Waals surface area contributed by atoms with Gasteiger partial charge in [0.15, 0.2) is 0 Å². The van der Waals surface area contributed by atoms with E-state index in [2.05, 4.69) is 0 Å². The van der Waals surface area contributed by atoms with Gasteiger partial charge in [0.1, 0.15) is 5.57 Å². The standard InChI is InChI=1S/C17H18N4O5S/c1-18(2)27(25,26)21-10-11(12-7-5-6-8-14(12)21)9-13-15(22)19(3)17(24)20(4)16(13)23/h5-10H,1-4H3. The Morgan fingerprint density at radius 1 is 0.963 bits per heavy atom. The van der Waals surface area contributed by atoms with Crippen LogP contribution >= 0.6 is 0 Å². The number of carbonyl (C=O) groups excluding carboxylic acids is 3. The maximum absolute atomic E-state index is 12.6. The van der Waals surface area contributed by atoms with Crippen LogP contribution in [0, 0.1) is 0 Å². The molecule has 1 aliphatic heterocycles. The van der Waals surface area contributed by atoms with Gasteiger partial charge in [-0.15, -0.1) is 0 Å². The largest absolute Gasteiger partial charge is 0.333 e. The zero-order valence-electron chi connectivity index (χ0n) is 15.2. The third-order valence-electron chi connectivity index (χ3n) is 4.36. The zero-order valence-corrected chi connectivity index (χ0v) is 16.0. The highest BCUT2D eigenvalue weighted by molar-refractivity contribution is 7.87. The summed E-state index contributed by atoms with van der Waals surface area (Å²) in [4.78, 5) is 38.3. The second kappa shape index (κ2) is 6.32. The van der Waals surface area contributed by atoms with E-state index in [4.69, 9.17) is 0 Å². The maximum atomic E-state index is 12.6. The van der Waals surface area contributed by atoms with E-state index < -0.39 is 28.1 Å². The molecule has 1 aromatic carbocycles. The normalized spacial score (nSPS) is 16.0. The second-order valence-electron chi connectivity index (χ2n) is 6.26. The number of barbiturate groups is 1. The van der Waals surface area contributed by atoms with Gasteiger partial charge in [0.25, 0.3) is 11.8 Å². The van der Waals surface area contributed by atoms with Gasteiger partial charge in [-0.2, -0.15) is 12.7 Å². The van der Waals surface area contributed by atoms with Crippen molar-refractivity contribution in [3.8, 4) is 0 Å². The molecular weight excluding hydrogens is 372 g/mol. The summed E-state index contributed by atoms with van der Waals surface area (Å²) in [6.45, 7) is 0. The second-order valence-corrected chi connectivity index (χ2v) is 8.28. The Morgan fingerprint density at radius 2 is 1.52 bits per heavy atom. The average molecular weight is 390 g/mol. The number of amides is 4. The number of hydrogen-bond acceptors (Lipinski definition) is 5. The summed E-state index contributed by atoms with van der Waals surface area (Å²) in [5.74, 6) is -1.48. The van der Waals surface area contributed by atoms with Gasteiger partial charge in [-0.25, -0.2) is 8.77 Å². The third-order valence-corrected chi connectivity index (χ3v) is 6.08. The van der Waals surface area contributed by atoms with E-state index in [9.17, 15) is 22.8 Å². The number of hydrogen-bond donors (Lipinski definition) is 0. The van der Waals surface area contributed by atoms with Gasteiger partial charge in [0.2, 0.25) is 0 Å². The van der Waals surface area contributed by atoms with E-state index in [1.54, 1.807) is 24.3 Å². The monoisotopic (exact) mass is 390 g/mol. The zero-order chi connectivity index (χ0) is 20.1. The molecule has 0 radical (unpaired) electrons. The Hall–Kier alpha value is -2.98. The van der Waals surface area contributed by atoms with Crippen LogP contribution in [0.3, 0.4) is 0 Å². The minimum absolute atomic E-state index is 0.218. The first kappa shape index (κ1) is 18.8. The summed E-state index contributed by atoms with van der Waals surface area (Å²) in [5, 5.41) is 0.554. The summed E-state index contributed by atoms with van der Waals surface area (Å²) in [6, 6.07) is 6.02. The van der Waals surface area contributed by atoms with Gasteiger partial charge in [0, 0.05) is 45.3 Å². The van der Waals surface area contributed by atoms with E-state index >= 15 is 0 Å². The molecule has 1 aromatic heterocycles. The molecule has 4 amide bonds. The SMILES string of the molecule is CN1C(=O)C(=Cc2cn(S(=O)(=O)N(C)C)c3ccccc23)C(=O)N(C)C1=O. The Morgan fingerprint density at radius 3 is 2.07 bits per heavy atom. The van der Waals surface area contributed by atoms with Crippen LogP contribution in [0.5, 0.6) is 0 Å². The molecular formula is C17H18N4O5S. The lowest BCUT2D eigenvalue weighted by atomic mass is 10.1. The molecule has 142 valence electrons. The summed E-state index contributed by atoms with van der Waals surface area (Å²) in [7, 11) is 1.57. The minimum Gasteiger partial charge on any atom is -0.268 e. The van der Waals surface area contributed by atoms with Crippen LogP contribution < -0.4 is 0 Å². The van der Waals surface area contributed by atoms with Crippen molar-refractivity contribution in [2.24, 2.45) is 0 Å². The highest BCUT2D eigenvalue weighted by atomic mass is 32.2. The van der Waals surface area contributed by atoms with Crippen LogP contribution in [0.25, 0.3) is 17.0 Å². The van der Waals surface area contributed by atoms with Crippen molar-refractivity contribution in [2.45, 2.75) is 0 Å². The van der Waals surface area contributed by atoms with Crippen molar-refractivity contribution in [1.82, 2.24) is 18.1 Å². The van der Waals surface area contributed by atoms with Crippen LogP contribution in [-0.4, -0.2) is 72.5 Å². The van der Waals surface area contributed by atoms with Gasteiger partial charge in [-0.1, -0.05) is 18.2 Å². The molecule has 9 nitrogen and oxygen atoms in total. The van der Waals surface area contributed by atoms with Gasteiger partial charge in [0.05, 0.1) is 5.52 Å². The predicted octanol–water partition coefficient (Wildman–Crippen LogP) is 0.730. The Balaban J connectivity index is 2.24. The van der Waals surface area contributed by atoms with E-state index in [1.165, 1.54) is 40.5 Å². The van der Waals surface area contributed by atoms with Crippen molar-refractivity contribution in [3.05, 3.63) is 41.6 Å². The number of rotatable bonds is 3. The molecule has 0 N–H and O–H groups in total. The van der Waals surface area contributed by atoms with Crippen LogP contribution in [0.15, 0.2) is 36.0 Å². The first-order chi connectivity index (χ1) is 12.6. The molecule has 2 aromatic rings. The van der Waals surface area contributed by atoms with Crippen molar-refractivity contribution < 1.29 is 22.8 Å². The number of urea groups is 1. The molecule has 0 atom stereocenters. The van der Waals surface area contributed by atoms with Gasteiger partial charge in [-0.3, -0.25) is 19.4 Å². The van der Waals surface area contributed by atoms with Crippen molar-refractivity contribution in [2.75, 3.05) is 28.2 Å². The van der Waals surface area contributed by atoms with Gasteiger partial charge in [-0.05, 0) is 12.1 Å². The molecule has 3 rings (SSSR count). The fourth-order valence-corrected chi connectivity index (χ4v) is 3.79. The van der Waals surface area contributed by atoms with E-state index in [0.29, 0.717) is 16.5 Å². The molecule has 1 fully saturated rings. The fraction of sp³-hybridized carbons (Fsp3) is 0.235. The van der Waals surface area contributed by atoms with Crippen LogP contribution in [0.4, 0.5) is 4.79 Å². The first-order valence-corrected chi connectivity index (χ1v) is 9.32. The number of carbonyl (C=O) groups is 3. The van der Waals surface area contributed by atoms with E-state index in [-0.39, 0.29) is 5.57 Å². The Bertz CT molecular complexity index is 1090. The van der Waals surface area contributed by atoms with Gasteiger partial charge >= 0.3 is 16.2 Å². The first-order valence-electron chi connectivity index (χ1n) is 7.92. The number of aromatic nitrogens is 1. The third kappa shape index (κ3) is 2.82. The lowest BCUT2D eigenvalue weighted by molar-refractivity contribution is -0.134. The smallest absolute Gasteiger partial charge is 0.268 e. The number of benzene rings is 1. The molecule has 0 spiro atoms. The number of likely N-dealkylation sites (N-methyl/N-ethyl adjacent to an activating group) is 2. The summed E-state index contributed by atoms with van der Waals surface area (Å²) < 4.78 is 27.4.